The number of halogens is 1. The van der Waals surface area contributed by atoms with Gasteiger partial charge in [0.25, 0.3) is 0 Å². The van der Waals surface area contributed by atoms with Gasteiger partial charge >= 0.3 is 11.9 Å². The second-order valence-corrected chi connectivity index (χ2v) is 11.2. The Morgan fingerprint density at radius 3 is 2.58 bits per heavy atom. The summed E-state index contributed by atoms with van der Waals surface area (Å²) in [5, 5.41) is 9.92. The summed E-state index contributed by atoms with van der Waals surface area (Å²) in [6, 6.07) is 0. The van der Waals surface area contributed by atoms with Crippen molar-refractivity contribution < 1.29 is 28.6 Å². The van der Waals surface area contributed by atoms with Crippen LogP contribution in [0.25, 0.3) is 0 Å². The third-order valence-corrected chi connectivity index (χ3v) is 8.52. The fraction of sp³-hybridized carbons (Fsp3) is 0.920. The Labute approximate surface area is 186 Å². The number of carbonyl (C=O) groups is 2. The van der Waals surface area contributed by atoms with Gasteiger partial charge in [-0.2, -0.15) is 0 Å². The third-order valence-electron chi connectivity index (χ3n) is 8.52. The standard InChI is InChI=1S/C25H41FO5/c1-14(2)25(4,5)24(29)31-21-11-17(26)10-16-7-6-15(3)20(23(16)21)9-8-19-12-18(27)13-22(28)30-19/h14-21,23,27H,6-13H2,1-5H3/t15-,16-,17+,18-,19-,20-,21-,23-/m0/s1. The van der Waals surface area contributed by atoms with Crippen LogP contribution in [0.3, 0.4) is 0 Å². The van der Waals surface area contributed by atoms with Crippen LogP contribution < -0.4 is 0 Å². The Morgan fingerprint density at radius 1 is 1.23 bits per heavy atom. The molecule has 6 heteroatoms. The number of alkyl halides is 1. The maximum absolute atomic E-state index is 14.6. The number of aliphatic hydroxyl groups excluding tert-OH is 1. The zero-order valence-corrected chi connectivity index (χ0v) is 19.8. The lowest BCUT2D eigenvalue weighted by molar-refractivity contribution is -0.177. The first-order chi connectivity index (χ1) is 14.5. The fourth-order valence-corrected chi connectivity index (χ4v) is 5.85. The molecular formula is C25H41FO5. The molecule has 0 bridgehead atoms. The highest BCUT2D eigenvalue weighted by Crippen LogP contribution is 2.50. The SMILES string of the molecule is CC(C)C(C)(C)C(=O)O[C@H]1C[C@H](F)C[C@@H]2CC[C@H](C)[C@H](CC[C@H]3C[C@H](O)CC(=O)O3)[C@H]21. The first-order valence-corrected chi connectivity index (χ1v) is 12.2. The largest absolute Gasteiger partial charge is 0.462 e. The molecule has 1 aliphatic heterocycles. The van der Waals surface area contributed by atoms with E-state index in [0.29, 0.717) is 31.1 Å². The van der Waals surface area contributed by atoms with E-state index in [4.69, 9.17) is 9.47 Å². The van der Waals surface area contributed by atoms with Gasteiger partial charge in [0.05, 0.1) is 17.9 Å². The highest BCUT2D eigenvalue weighted by atomic mass is 19.1. The second-order valence-electron chi connectivity index (χ2n) is 11.2. The van der Waals surface area contributed by atoms with Gasteiger partial charge in [-0.1, -0.05) is 27.2 Å². The van der Waals surface area contributed by atoms with Crippen molar-refractivity contribution in [3.8, 4) is 0 Å². The van der Waals surface area contributed by atoms with Crippen LogP contribution in [-0.2, 0) is 19.1 Å². The number of hydrogen-bond acceptors (Lipinski definition) is 5. The molecule has 0 amide bonds. The van der Waals surface area contributed by atoms with E-state index in [1.54, 1.807) is 0 Å². The van der Waals surface area contributed by atoms with Gasteiger partial charge in [0, 0.05) is 18.8 Å². The molecule has 31 heavy (non-hydrogen) atoms. The summed E-state index contributed by atoms with van der Waals surface area (Å²) in [5.41, 5.74) is -0.610. The average Bonchev–Trinajstić information content (AvgIpc) is 2.66. The molecule has 2 saturated carbocycles. The summed E-state index contributed by atoms with van der Waals surface area (Å²) in [5.74, 6) is 0.677. The molecule has 2 aliphatic carbocycles. The summed E-state index contributed by atoms with van der Waals surface area (Å²) in [4.78, 5) is 24.7. The Bertz CT molecular complexity index is 648. The minimum atomic E-state index is -0.926. The van der Waals surface area contributed by atoms with Crippen LogP contribution in [0, 0.1) is 35.0 Å². The van der Waals surface area contributed by atoms with Crippen molar-refractivity contribution in [3.05, 3.63) is 0 Å². The maximum atomic E-state index is 14.6. The van der Waals surface area contributed by atoms with E-state index >= 15 is 0 Å². The number of fused-ring (bicyclic) bond motifs is 1. The molecule has 3 rings (SSSR count). The van der Waals surface area contributed by atoms with Crippen LogP contribution in [-0.4, -0.2) is 41.5 Å². The van der Waals surface area contributed by atoms with Crippen LogP contribution >= 0.6 is 0 Å². The highest BCUT2D eigenvalue weighted by molar-refractivity contribution is 5.76. The van der Waals surface area contributed by atoms with Gasteiger partial charge in [-0.05, 0) is 63.2 Å². The monoisotopic (exact) mass is 440 g/mol. The quantitative estimate of drug-likeness (QED) is 0.599. The molecule has 5 nitrogen and oxygen atoms in total. The summed E-state index contributed by atoms with van der Waals surface area (Å²) < 4.78 is 26.1. The maximum Gasteiger partial charge on any atom is 0.312 e. The summed E-state index contributed by atoms with van der Waals surface area (Å²) >= 11 is 0. The molecule has 0 radical (unpaired) electrons. The minimum Gasteiger partial charge on any atom is -0.462 e. The van der Waals surface area contributed by atoms with Crippen LogP contribution in [0.2, 0.25) is 0 Å². The van der Waals surface area contributed by atoms with Crippen molar-refractivity contribution in [3.63, 3.8) is 0 Å². The molecule has 8 atom stereocenters. The smallest absolute Gasteiger partial charge is 0.312 e. The van der Waals surface area contributed by atoms with Gasteiger partial charge in [-0.15, -0.1) is 0 Å². The van der Waals surface area contributed by atoms with E-state index < -0.39 is 23.8 Å². The number of cyclic esters (lactones) is 1. The van der Waals surface area contributed by atoms with Crippen LogP contribution in [0.15, 0.2) is 0 Å². The highest BCUT2D eigenvalue weighted by Gasteiger charge is 2.49. The van der Waals surface area contributed by atoms with Gasteiger partial charge in [-0.25, -0.2) is 4.39 Å². The lowest BCUT2D eigenvalue weighted by atomic mass is 9.59. The molecular weight excluding hydrogens is 399 g/mol. The van der Waals surface area contributed by atoms with Crippen molar-refractivity contribution in [2.45, 2.75) is 110 Å². The molecule has 178 valence electrons. The van der Waals surface area contributed by atoms with E-state index in [1.165, 1.54) is 0 Å². The van der Waals surface area contributed by atoms with Gasteiger partial charge < -0.3 is 14.6 Å². The molecule has 0 aromatic rings. The molecule has 0 aromatic heterocycles. The van der Waals surface area contributed by atoms with Crippen molar-refractivity contribution in [2.24, 2.45) is 35.0 Å². The van der Waals surface area contributed by atoms with Gasteiger partial charge in [0.15, 0.2) is 0 Å². The minimum absolute atomic E-state index is 0.0720. The van der Waals surface area contributed by atoms with E-state index in [-0.39, 0.29) is 48.6 Å². The van der Waals surface area contributed by atoms with Crippen molar-refractivity contribution in [2.75, 3.05) is 0 Å². The molecule has 0 aromatic carbocycles. The first kappa shape index (κ1) is 24.5. The molecule has 1 saturated heterocycles. The summed E-state index contributed by atoms with van der Waals surface area (Å²) in [7, 11) is 0. The molecule has 3 fully saturated rings. The van der Waals surface area contributed by atoms with E-state index in [9.17, 15) is 19.1 Å². The zero-order valence-electron chi connectivity index (χ0n) is 19.8. The molecule has 1 heterocycles. The van der Waals surface area contributed by atoms with E-state index in [1.807, 2.05) is 27.7 Å². The van der Waals surface area contributed by atoms with Crippen molar-refractivity contribution in [1.82, 2.24) is 0 Å². The predicted molar refractivity (Wildman–Crippen MR) is 116 cm³/mol. The molecule has 0 unspecified atom stereocenters. The predicted octanol–water partition coefficient (Wildman–Crippen LogP) is 4.84. The topological polar surface area (TPSA) is 72.8 Å². The summed E-state index contributed by atoms with van der Waals surface area (Å²) in [6.07, 6.45) is 2.72. The van der Waals surface area contributed by atoms with E-state index in [2.05, 4.69) is 6.92 Å². The van der Waals surface area contributed by atoms with Gasteiger partial charge in [-0.3, -0.25) is 9.59 Å². The fourth-order valence-electron chi connectivity index (χ4n) is 5.85. The number of hydrogen-bond donors (Lipinski definition) is 1. The Balaban J connectivity index is 1.73. The Morgan fingerprint density at radius 2 is 1.94 bits per heavy atom. The number of ether oxygens (including phenoxy) is 2. The molecule has 0 spiro atoms. The normalized spacial score (nSPS) is 39.0. The van der Waals surface area contributed by atoms with E-state index in [0.717, 1.165) is 19.3 Å². The third kappa shape index (κ3) is 5.61. The average molecular weight is 441 g/mol. The Kier molecular flexibility index (Phi) is 7.71. The summed E-state index contributed by atoms with van der Waals surface area (Å²) in [6.45, 7) is 10.1. The first-order valence-electron chi connectivity index (χ1n) is 12.2. The number of aliphatic hydroxyl groups is 1. The van der Waals surface area contributed by atoms with Crippen molar-refractivity contribution in [1.29, 1.82) is 0 Å². The molecule has 1 N–H and O–H groups in total. The lowest BCUT2D eigenvalue weighted by Gasteiger charge is -2.49. The van der Waals surface area contributed by atoms with Crippen LogP contribution in [0.1, 0.15) is 86.0 Å². The molecule has 3 aliphatic rings. The van der Waals surface area contributed by atoms with Crippen molar-refractivity contribution >= 4 is 11.9 Å². The van der Waals surface area contributed by atoms with Gasteiger partial charge in [0.1, 0.15) is 18.4 Å². The van der Waals surface area contributed by atoms with Crippen LogP contribution in [0.5, 0.6) is 0 Å². The Hall–Kier alpha value is -1.17. The number of rotatable bonds is 6. The van der Waals surface area contributed by atoms with Crippen LogP contribution in [0.4, 0.5) is 4.39 Å². The second kappa shape index (κ2) is 9.76. The zero-order chi connectivity index (χ0) is 22.9. The lowest BCUT2D eigenvalue weighted by Crippen LogP contribution is -2.49. The number of carbonyl (C=O) groups excluding carboxylic acids is 2. The number of esters is 2. The van der Waals surface area contributed by atoms with Gasteiger partial charge in [0.2, 0.25) is 0 Å².